The van der Waals surface area contributed by atoms with Gasteiger partial charge >= 0.3 is 0 Å². The summed E-state index contributed by atoms with van der Waals surface area (Å²) in [4.78, 5) is 17.2. The molecule has 0 aliphatic carbocycles. The molecule has 4 rings (SSSR count). The molecule has 0 saturated carbocycles. The van der Waals surface area contributed by atoms with E-state index >= 15 is 0 Å². The van der Waals surface area contributed by atoms with Crippen LogP contribution in [-0.4, -0.2) is 28.6 Å². The number of carbonyl (C=O) groups is 1. The van der Waals surface area contributed by atoms with Gasteiger partial charge in [-0.05, 0) is 43.3 Å². The molecule has 0 unspecified atom stereocenters. The lowest BCUT2D eigenvalue weighted by Gasteiger charge is -2.12. The SMILES string of the molecule is Cc1ccc(C(=O)NCCc2nc3ccccc3n2CCOc2ccccc2Cl)cc1. The zero-order valence-electron chi connectivity index (χ0n) is 17.3. The van der Waals surface area contributed by atoms with E-state index in [-0.39, 0.29) is 5.91 Å². The summed E-state index contributed by atoms with van der Waals surface area (Å²) in [6.07, 6.45) is 0.623. The summed E-state index contributed by atoms with van der Waals surface area (Å²) in [6, 6.07) is 23.0. The Kier molecular flexibility index (Phi) is 6.53. The number of ether oxygens (including phenoxy) is 1. The third-order valence-electron chi connectivity index (χ3n) is 5.09. The minimum Gasteiger partial charge on any atom is -0.490 e. The molecule has 0 atom stereocenters. The molecule has 1 heterocycles. The summed E-state index contributed by atoms with van der Waals surface area (Å²) < 4.78 is 8.02. The normalized spacial score (nSPS) is 10.9. The summed E-state index contributed by atoms with van der Waals surface area (Å²) in [5.74, 6) is 1.50. The van der Waals surface area contributed by atoms with Gasteiger partial charge in [0.2, 0.25) is 0 Å². The van der Waals surface area contributed by atoms with Crippen molar-refractivity contribution in [3.05, 3.63) is 94.8 Å². The lowest BCUT2D eigenvalue weighted by molar-refractivity contribution is 0.0954. The van der Waals surface area contributed by atoms with Gasteiger partial charge in [0, 0.05) is 18.5 Å². The van der Waals surface area contributed by atoms with Gasteiger partial charge in [0.25, 0.3) is 5.91 Å². The van der Waals surface area contributed by atoms with Crippen molar-refractivity contribution in [1.29, 1.82) is 0 Å². The molecule has 0 aliphatic rings. The molecular weight excluding hydrogens is 410 g/mol. The molecule has 0 bridgehead atoms. The van der Waals surface area contributed by atoms with Crippen LogP contribution in [0.2, 0.25) is 5.02 Å². The molecule has 0 fully saturated rings. The third kappa shape index (κ3) is 5.06. The molecule has 3 aromatic carbocycles. The number of hydrogen-bond acceptors (Lipinski definition) is 3. The van der Waals surface area contributed by atoms with Crippen LogP contribution in [0.1, 0.15) is 21.7 Å². The van der Waals surface area contributed by atoms with Crippen LogP contribution in [0.15, 0.2) is 72.8 Å². The molecule has 5 nitrogen and oxygen atoms in total. The fraction of sp³-hybridized carbons (Fsp3) is 0.200. The largest absolute Gasteiger partial charge is 0.490 e. The van der Waals surface area contributed by atoms with E-state index in [1.54, 1.807) is 0 Å². The van der Waals surface area contributed by atoms with Gasteiger partial charge < -0.3 is 14.6 Å². The Hall–Kier alpha value is -3.31. The van der Waals surface area contributed by atoms with Crippen molar-refractivity contribution in [1.82, 2.24) is 14.9 Å². The summed E-state index contributed by atoms with van der Waals surface area (Å²) >= 11 is 6.18. The Morgan fingerprint density at radius 2 is 1.77 bits per heavy atom. The number of fused-ring (bicyclic) bond motifs is 1. The summed E-state index contributed by atoms with van der Waals surface area (Å²) in [5, 5.41) is 3.58. The number of halogens is 1. The molecule has 6 heteroatoms. The zero-order valence-corrected chi connectivity index (χ0v) is 18.1. The van der Waals surface area contributed by atoms with E-state index in [1.807, 2.05) is 79.7 Å². The van der Waals surface area contributed by atoms with Crippen molar-refractivity contribution < 1.29 is 9.53 Å². The second-order valence-electron chi connectivity index (χ2n) is 7.32. The van der Waals surface area contributed by atoms with E-state index in [4.69, 9.17) is 21.3 Å². The number of para-hydroxylation sites is 3. The molecule has 0 saturated heterocycles. The van der Waals surface area contributed by atoms with Crippen LogP contribution in [0.4, 0.5) is 0 Å². The van der Waals surface area contributed by atoms with Crippen LogP contribution in [0.3, 0.4) is 0 Å². The first-order chi connectivity index (χ1) is 15.1. The molecule has 0 spiro atoms. The van der Waals surface area contributed by atoms with Crippen LogP contribution < -0.4 is 10.1 Å². The molecule has 1 N–H and O–H groups in total. The maximum atomic E-state index is 12.4. The van der Waals surface area contributed by atoms with Gasteiger partial charge in [-0.3, -0.25) is 4.79 Å². The molecule has 31 heavy (non-hydrogen) atoms. The zero-order chi connectivity index (χ0) is 21.6. The highest BCUT2D eigenvalue weighted by Crippen LogP contribution is 2.23. The molecule has 1 aromatic heterocycles. The first-order valence-corrected chi connectivity index (χ1v) is 10.7. The molecule has 158 valence electrons. The van der Waals surface area contributed by atoms with Crippen LogP contribution in [0, 0.1) is 6.92 Å². The van der Waals surface area contributed by atoms with Crippen molar-refractivity contribution in [3.8, 4) is 5.75 Å². The van der Waals surface area contributed by atoms with Gasteiger partial charge in [-0.25, -0.2) is 4.98 Å². The lowest BCUT2D eigenvalue weighted by atomic mass is 10.1. The van der Waals surface area contributed by atoms with E-state index in [2.05, 4.69) is 9.88 Å². The maximum absolute atomic E-state index is 12.4. The van der Waals surface area contributed by atoms with Gasteiger partial charge in [0.15, 0.2) is 0 Å². The van der Waals surface area contributed by atoms with Crippen molar-refractivity contribution in [2.75, 3.05) is 13.2 Å². The highest BCUT2D eigenvalue weighted by atomic mass is 35.5. The van der Waals surface area contributed by atoms with E-state index in [1.165, 1.54) is 0 Å². The number of hydrogen-bond donors (Lipinski definition) is 1. The van der Waals surface area contributed by atoms with Crippen molar-refractivity contribution in [2.24, 2.45) is 0 Å². The maximum Gasteiger partial charge on any atom is 0.251 e. The average molecular weight is 434 g/mol. The van der Waals surface area contributed by atoms with Gasteiger partial charge in [-0.2, -0.15) is 0 Å². The minimum atomic E-state index is -0.0790. The van der Waals surface area contributed by atoms with Crippen molar-refractivity contribution >= 4 is 28.5 Å². The molecule has 0 aliphatic heterocycles. The second-order valence-corrected chi connectivity index (χ2v) is 7.73. The second kappa shape index (κ2) is 9.67. The first kappa shape index (κ1) is 20.9. The van der Waals surface area contributed by atoms with Crippen molar-refractivity contribution in [3.63, 3.8) is 0 Å². The third-order valence-corrected chi connectivity index (χ3v) is 5.40. The Morgan fingerprint density at radius 1 is 1.03 bits per heavy atom. The monoisotopic (exact) mass is 433 g/mol. The standard InChI is InChI=1S/C25H24ClN3O2/c1-18-10-12-19(13-11-18)25(30)27-15-14-24-28-21-7-3-4-8-22(21)29(24)16-17-31-23-9-5-2-6-20(23)26/h2-13H,14-17H2,1H3,(H,27,30). The molecule has 0 radical (unpaired) electrons. The Balaban J connectivity index is 1.42. The Labute approximate surface area is 186 Å². The minimum absolute atomic E-state index is 0.0790. The number of nitrogens with one attached hydrogen (secondary N) is 1. The summed E-state index contributed by atoms with van der Waals surface area (Å²) in [7, 11) is 0. The average Bonchev–Trinajstić information content (AvgIpc) is 3.13. The number of amides is 1. The number of aromatic nitrogens is 2. The smallest absolute Gasteiger partial charge is 0.251 e. The van der Waals surface area contributed by atoms with E-state index in [9.17, 15) is 4.79 Å². The number of nitrogens with zero attached hydrogens (tertiary/aromatic N) is 2. The van der Waals surface area contributed by atoms with E-state index < -0.39 is 0 Å². The van der Waals surface area contributed by atoms with Gasteiger partial charge in [-0.1, -0.05) is 53.6 Å². The lowest BCUT2D eigenvalue weighted by Crippen LogP contribution is -2.26. The highest BCUT2D eigenvalue weighted by molar-refractivity contribution is 6.32. The van der Waals surface area contributed by atoms with Crippen LogP contribution in [-0.2, 0) is 13.0 Å². The quantitative estimate of drug-likeness (QED) is 0.423. The fourth-order valence-electron chi connectivity index (χ4n) is 3.47. The number of benzene rings is 3. The Morgan fingerprint density at radius 3 is 2.58 bits per heavy atom. The Bertz CT molecular complexity index is 1190. The predicted octanol–water partition coefficient (Wildman–Crippen LogP) is 5.05. The number of carbonyl (C=O) groups excluding carboxylic acids is 1. The van der Waals surface area contributed by atoms with Crippen molar-refractivity contribution in [2.45, 2.75) is 19.9 Å². The van der Waals surface area contributed by atoms with Gasteiger partial charge in [0.05, 0.1) is 22.6 Å². The number of imidazole rings is 1. The van der Waals surface area contributed by atoms with Crippen LogP contribution >= 0.6 is 11.6 Å². The van der Waals surface area contributed by atoms with E-state index in [0.29, 0.717) is 42.5 Å². The fourth-order valence-corrected chi connectivity index (χ4v) is 3.66. The summed E-state index contributed by atoms with van der Waals surface area (Å²) in [5.41, 5.74) is 3.77. The predicted molar refractivity (Wildman–Crippen MR) is 124 cm³/mol. The number of rotatable bonds is 8. The summed E-state index contributed by atoms with van der Waals surface area (Å²) in [6.45, 7) is 3.60. The molecule has 1 amide bonds. The van der Waals surface area contributed by atoms with E-state index in [0.717, 1.165) is 22.4 Å². The first-order valence-electron chi connectivity index (χ1n) is 10.3. The topological polar surface area (TPSA) is 56.2 Å². The van der Waals surface area contributed by atoms with Crippen LogP contribution in [0.25, 0.3) is 11.0 Å². The van der Waals surface area contributed by atoms with Gasteiger partial charge in [0.1, 0.15) is 18.2 Å². The number of aryl methyl sites for hydroxylation is 1. The van der Waals surface area contributed by atoms with Gasteiger partial charge in [-0.15, -0.1) is 0 Å². The highest BCUT2D eigenvalue weighted by Gasteiger charge is 2.12. The molecule has 4 aromatic rings. The molecular formula is C25H24ClN3O2. The van der Waals surface area contributed by atoms with Crippen LogP contribution in [0.5, 0.6) is 5.75 Å².